The predicted octanol–water partition coefficient (Wildman–Crippen LogP) is 3.92. The average molecular weight is 290 g/mol. The fraction of sp³-hybridized carbons (Fsp3) is 0.692. The minimum Gasteiger partial charge on any atom is -0.367 e. The Labute approximate surface area is 117 Å². The van der Waals surface area contributed by atoms with Crippen molar-refractivity contribution >= 4 is 11.8 Å². The number of rotatable bonds is 7. The Morgan fingerprint density at radius 1 is 1.15 bits per heavy atom. The third kappa shape index (κ3) is 4.86. The van der Waals surface area contributed by atoms with Gasteiger partial charge < -0.3 is 10.6 Å². The summed E-state index contributed by atoms with van der Waals surface area (Å²) in [7, 11) is 0. The standard InChI is InChI=1S/C13H21F3N4/c1-4-7-17-12-19-10(13(14,15)16)8-11(20-12)18-9(5-2)6-3/h8-9H,4-7H2,1-3H3,(H2,17,18,19,20). The van der Waals surface area contributed by atoms with Gasteiger partial charge in [-0.15, -0.1) is 0 Å². The quantitative estimate of drug-likeness (QED) is 0.799. The summed E-state index contributed by atoms with van der Waals surface area (Å²) in [5.41, 5.74) is -0.931. The first kappa shape index (κ1) is 16.5. The molecule has 1 aromatic heterocycles. The summed E-state index contributed by atoms with van der Waals surface area (Å²) >= 11 is 0. The summed E-state index contributed by atoms with van der Waals surface area (Å²) in [6.07, 6.45) is -2.05. The van der Waals surface area contributed by atoms with E-state index >= 15 is 0 Å². The van der Waals surface area contributed by atoms with Crippen LogP contribution >= 0.6 is 0 Å². The minimum atomic E-state index is -4.48. The molecular formula is C13H21F3N4. The first-order valence-corrected chi connectivity index (χ1v) is 6.87. The van der Waals surface area contributed by atoms with E-state index in [9.17, 15) is 13.2 Å². The summed E-state index contributed by atoms with van der Waals surface area (Å²) in [6, 6.07) is 1.06. The highest BCUT2D eigenvalue weighted by Gasteiger charge is 2.33. The van der Waals surface area contributed by atoms with Gasteiger partial charge in [-0.25, -0.2) is 4.98 Å². The highest BCUT2D eigenvalue weighted by Crippen LogP contribution is 2.30. The fourth-order valence-corrected chi connectivity index (χ4v) is 1.68. The van der Waals surface area contributed by atoms with E-state index in [2.05, 4.69) is 20.6 Å². The monoisotopic (exact) mass is 290 g/mol. The zero-order valence-corrected chi connectivity index (χ0v) is 12.0. The molecule has 1 aromatic rings. The molecule has 20 heavy (non-hydrogen) atoms. The first-order chi connectivity index (χ1) is 9.40. The first-order valence-electron chi connectivity index (χ1n) is 6.87. The highest BCUT2D eigenvalue weighted by molar-refractivity contribution is 5.43. The van der Waals surface area contributed by atoms with Crippen LogP contribution in [0.4, 0.5) is 24.9 Å². The Hall–Kier alpha value is -1.53. The molecule has 114 valence electrons. The number of hydrogen-bond acceptors (Lipinski definition) is 4. The average Bonchev–Trinajstić information content (AvgIpc) is 2.41. The van der Waals surface area contributed by atoms with Gasteiger partial charge in [-0.05, 0) is 19.3 Å². The van der Waals surface area contributed by atoms with Gasteiger partial charge in [-0.2, -0.15) is 18.2 Å². The van der Waals surface area contributed by atoms with Crippen molar-refractivity contribution in [3.05, 3.63) is 11.8 Å². The second kappa shape index (κ2) is 7.31. The van der Waals surface area contributed by atoms with E-state index < -0.39 is 11.9 Å². The summed E-state index contributed by atoms with van der Waals surface area (Å²) in [6.45, 7) is 6.41. The van der Waals surface area contributed by atoms with Gasteiger partial charge in [0.1, 0.15) is 5.82 Å². The molecule has 0 fully saturated rings. The SMILES string of the molecule is CCCNc1nc(NC(CC)CC)cc(C(F)(F)F)n1. The molecule has 0 aliphatic carbocycles. The van der Waals surface area contributed by atoms with Crippen LogP contribution in [0.15, 0.2) is 6.07 Å². The zero-order chi connectivity index (χ0) is 15.2. The molecule has 0 radical (unpaired) electrons. The van der Waals surface area contributed by atoms with E-state index in [1.165, 1.54) is 0 Å². The van der Waals surface area contributed by atoms with Crippen molar-refractivity contribution in [3.8, 4) is 0 Å². The van der Waals surface area contributed by atoms with Gasteiger partial charge in [0.2, 0.25) is 5.95 Å². The van der Waals surface area contributed by atoms with E-state index in [0.29, 0.717) is 6.54 Å². The molecule has 2 N–H and O–H groups in total. The van der Waals surface area contributed by atoms with Crippen molar-refractivity contribution in [1.29, 1.82) is 0 Å². The molecule has 0 unspecified atom stereocenters. The lowest BCUT2D eigenvalue weighted by atomic mass is 10.2. The van der Waals surface area contributed by atoms with Gasteiger partial charge in [0, 0.05) is 18.7 Å². The molecule has 0 amide bonds. The summed E-state index contributed by atoms with van der Waals surface area (Å²) < 4.78 is 38.5. The zero-order valence-electron chi connectivity index (χ0n) is 12.0. The van der Waals surface area contributed by atoms with Gasteiger partial charge in [0.15, 0.2) is 5.69 Å². The van der Waals surface area contributed by atoms with Crippen molar-refractivity contribution in [2.75, 3.05) is 17.2 Å². The van der Waals surface area contributed by atoms with Crippen LogP contribution in [-0.4, -0.2) is 22.6 Å². The van der Waals surface area contributed by atoms with Gasteiger partial charge >= 0.3 is 6.18 Å². The van der Waals surface area contributed by atoms with Crippen LogP contribution < -0.4 is 10.6 Å². The summed E-state index contributed by atoms with van der Waals surface area (Å²) in [5.74, 6) is 0.217. The largest absolute Gasteiger partial charge is 0.433 e. The molecule has 7 heteroatoms. The van der Waals surface area contributed by atoms with Gasteiger partial charge in [0.25, 0.3) is 0 Å². The second-order valence-electron chi connectivity index (χ2n) is 4.54. The lowest BCUT2D eigenvalue weighted by molar-refractivity contribution is -0.141. The molecule has 0 aromatic carbocycles. The van der Waals surface area contributed by atoms with Crippen LogP contribution in [0.2, 0.25) is 0 Å². The summed E-state index contributed by atoms with van der Waals surface area (Å²) in [5, 5.41) is 5.81. The molecule has 0 spiro atoms. The lowest BCUT2D eigenvalue weighted by Crippen LogP contribution is -2.20. The van der Waals surface area contributed by atoms with Crippen LogP contribution in [0, 0.1) is 0 Å². The maximum absolute atomic E-state index is 12.8. The molecule has 4 nitrogen and oxygen atoms in total. The number of anilines is 2. The molecular weight excluding hydrogens is 269 g/mol. The molecule has 0 atom stereocenters. The molecule has 0 aliphatic heterocycles. The lowest BCUT2D eigenvalue weighted by Gasteiger charge is -2.17. The van der Waals surface area contributed by atoms with Crippen LogP contribution in [0.5, 0.6) is 0 Å². The van der Waals surface area contributed by atoms with Crippen LogP contribution in [0.3, 0.4) is 0 Å². The molecule has 0 saturated heterocycles. The number of alkyl halides is 3. The van der Waals surface area contributed by atoms with E-state index in [1.807, 2.05) is 20.8 Å². The van der Waals surface area contributed by atoms with Crippen molar-refractivity contribution in [2.24, 2.45) is 0 Å². The van der Waals surface area contributed by atoms with Gasteiger partial charge in [-0.3, -0.25) is 0 Å². The van der Waals surface area contributed by atoms with Crippen molar-refractivity contribution in [2.45, 2.75) is 52.3 Å². The Kier molecular flexibility index (Phi) is 6.04. The van der Waals surface area contributed by atoms with Crippen LogP contribution in [0.1, 0.15) is 45.7 Å². The van der Waals surface area contributed by atoms with Crippen molar-refractivity contribution < 1.29 is 13.2 Å². The van der Waals surface area contributed by atoms with Gasteiger partial charge in [0.05, 0.1) is 0 Å². The van der Waals surface area contributed by atoms with Gasteiger partial charge in [-0.1, -0.05) is 20.8 Å². The van der Waals surface area contributed by atoms with E-state index in [4.69, 9.17) is 0 Å². The molecule has 1 heterocycles. The number of halogens is 3. The molecule has 0 aliphatic rings. The summed E-state index contributed by atoms with van der Waals surface area (Å²) in [4.78, 5) is 7.60. The third-order valence-corrected chi connectivity index (χ3v) is 2.89. The number of nitrogens with zero attached hydrogens (tertiary/aromatic N) is 2. The minimum absolute atomic E-state index is 0.00938. The number of nitrogens with one attached hydrogen (secondary N) is 2. The van der Waals surface area contributed by atoms with Crippen LogP contribution in [0.25, 0.3) is 0 Å². The second-order valence-corrected chi connectivity index (χ2v) is 4.54. The molecule has 0 saturated carbocycles. The molecule has 0 bridgehead atoms. The fourth-order valence-electron chi connectivity index (χ4n) is 1.68. The number of hydrogen-bond donors (Lipinski definition) is 2. The third-order valence-electron chi connectivity index (χ3n) is 2.89. The number of aromatic nitrogens is 2. The smallest absolute Gasteiger partial charge is 0.367 e. The Bertz CT molecular complexity index is 417. The Morgan fingerprint density at radius 3 is 2.30 bits per heavy atom. The topological polar surface area (TPSA) is 49.8 Å². The normalized spacial score (nSPS) is 11.8. The van der Waals surface area contributed by atoms with Crippen LogP contribution in [-0.2, 0) is 6.18 Å². The van der Waals surface area contributed by atoms with E-state index in [0.717, 1.165) is 25.3 Å². The Morgan fingerprint density at radius 2 is 1.80 bits per heavy atom. The van der Waals surface area contributed by atoms with Crippen molar-refractivity contribution in [1.82, 2.24) is 9.97 Å². The Balaban J connectivity index is 3.03. The van der Waals surface area contributed by atoms with E-state index in [1.54, 1.807) is 0 Å². The predicted molar refractivity (Wildman–Crippen MR) is 73.8 cm³/mol. The van der Waals surface area contributed by atoms with E-state index in [-0.39, 0.29) is 17.8 Å². The highest BCUT2D eigenvalue weighted by atomic mass is 19.4. The van der Waals surface area contributed by atoms with Crippen molar-refractivity contribution in [3.63, 3.8) is 0 Å². The maximum Gasteiger partial charge on any atom is 0.433 e. The molecule has 1 rings (SSSR count). The maximum atomic E-state index is 12.8.